The fourth-order valence-electron chi connectivity index (χ4n) is 1.71. The van der Waals surface area contributed by atoms with Crippen LogP contribution in [0.4, 0.5) is 0 Å². The summed E-state index contributed by atoms with van der Waals surface area (Å²) in [6.07, 6.45) is 1.79. The Balaban J connectivity index is 0.000000177. The summed E-state index contributed by atoms with van der Waals surface area (Å²) in [4.78, 5) is 4.59. The number of nitrogens with two attached hydrogens (primary N) is 1. The first kappa shape index (κ1) is 19.8. The highest BCUT2D eigenvalue weighted by atomic mass is 79.9. The van der Waals surface area contributed by atoms with Gasteiger partial charge in [0.2, 0.25) is 0 Å². The number of hydrogen-bond donors (Lipinski definition) is 1. The van der Waals surface area contributed by atoms with Gasteiger partial charge in [-0.2, -0.15) is 0 Å². The summed E-state index contributed by atoms with van der Waals surface area (Å²) in [6, 6.07) is 11.0. The molecule has 124 valence electrons. The van der Waals surface area contributed by atoms with Gasteiger partial charge in [-0.3, -0.25) is 0 Å². The van der Waals surface area contributed by atoms with Crippen LogP contribution in [0.5, 0.6) is 0 Å². The summed E-state index contributed by atoms with van der Waals surface area (Å²) in [5.41, 5.74) is 7.32. The number of rotatable bonds is 2. The molecule has 0 spiro atoms. The molecule has 1 heterocycles. The Morgan fingerprint density at radius 1 is 1.04 bits per heavy atom. The highest BCUT2D eigenvalue weighted by Crippen LogP contribution is 2.31. The molecule has 2 aromatic carbocycles. The van der Waals surface area contributed by atoms with Crippen molar-refractivity contribution in [1.29, 1.82) is 0 Å². The minimum absolute atomic E-state index is 0.369. The largest absolute Gasteiger partial charge is 0.389 e. The van der Waals surface area contributed by atoms with E-state index >= 15 is 0 Å². The number of hydrogen-bond acceptors (Lipinski definition) is 3. The zero-order valence-electron chi connectivity index (χ0n) is 12.0. The van der Waals surface area contributed by atoms with E-state index in [4.69, 9.17) is 41.2 Å². The van der Waals surface area contributed by atoms with E-state index in [0.717, 1.165) is 30.1 Å². The van der Waals surface area contributed by atoms with Crippen molar-refractivity contribution >= 4 is 83.6 Å². The molecule has 2 nitrogen and oxygen atoms in total. The Labute approximate surface area is 176 Å². The van der Waals surface area contributed by atoms with Gasteiger partial charge in [-0.15, -0.1) is 11.3 Å². The van der Waals surface area contributed by atoms with Crippen LogP contribution in [-0.2, 0) is 0 Å². The van der Waals surface area contributed by atoms with Crippen molar-refractivity contribution in [3.63, 3.8) is 0 Å². The molecule has 0 unspecified atom stereocenters. The average molecular weight is 525 g/mol. The summed E-state index contributed by atoms with van der Waals surface area (Å²) in [7, 11) is 0. The van der Waals surface area contributed by atoms with Gasteiger partial charge in [0.05, 0.1) is 0 Å². The third-order valence-electron chi connectivity index (χ3n) is 2.79. The first-order valence-corrected chi connectivity index (χ1v) is 10.1. The molecule has 0 saturated heterocycles. The standard InChI is InChI=1S/C9H5BrClNS.C7H5BrClNS/c10-8-5-6(11)1-2-7(8)9-12-3-4-13-9;8-6-3-4(9)1-2-5(6)7(10)11/h1-5H;1-3H,(H2,10,11). The Morgan fingerprint density at radius 2 is 1.67 bits per heavy atom. The Morgan fingerprint density at radius 3 is 2.17 bits per heavy atom. The molecule has 3 rings (SSSR count). The van der Waals surface area contributed by atoms with E-state index in [-0.39, 0.29) is 0 Å². The number of halogens is 4. The normalized spacial score (nSPS) is 10.0. The van der Waals surface area contributed by atoms with Crippen molar-refractivity contribution in [3.05, 3.63) is 72.5 Å². The highest BCUT2D eigenvalue weighted by molar-refractivity contribution is 9.11. The van der Waals surface area contributed by atoms with E-state index in [1.165, 1.54) is 0 Å². The Hall–Kier alpha value is -0.500. The summed E-state index contributed by atoms with van der Waals surface area (Å²) in [5.74, 6) is 0. The minimum Gasteiger partial charge on any atom is -0.389 e. The van der Waals surface area contributed by atoms with E-state index in [2.05, 4.69) is 36.8 Å². The van der Waals surface area contributed by atoms with E-state index in [1.54, 1.807) is 35.7 Å². The summed E-state index contributed by atoms with van der Waals surface area (Å²) in [5, 5.41) is 4.35. The topological polar surface area (TPSA) is 38.9 Å². The number of aromatic nitrogens is 1. The Kier molecular flexibility index (Phi) is 7.65. The van der Waals surface area contributed by atoms with Crippen LogP contribution in [0.2, 0.25) is 10.0 Å². The quantitative estimate of drug-likeness (QED) is 0.368. The van der Waals surface area contributed by atoms with Crippen LogP contribution in [0.15, 0.2) is 56.9 Å². The van der Waals surface area contributed by atoms with E-state index in [1.807, 2.05) is 23.6 Å². The van der Waals surface area contributed by atoms with Crippen LogP contribution in [-0.4, -0.2) is 9.97 Å². The maximum atomic E-state index is 5.83. The molecule has 0 aliphatic heterocycles. The molecular weight excluding hydrogens is 515 g/mol. The van der Waals surface area contributed by atoms with Crippen LogP contribution in [0.25, 0.3) is 10.6 Å². The van der Waals surface area contributed by atoms with E-state index < -0.39 is 0 Å². The summed E-state index contributed by atoms with van der Waals surface area (Å²) in [6.45, 7) is 0. The second-order valence-corrected chi connectivity index (χ2v) is 8.37. The first-order chi connectivity index (χ1) is 11.4. The molecule has 0 aliphatic carbocycles. The summed E-state index contributed by atoms with van der Waals surface area (Å²) < 4.78 is 1.81. The van der Waals surface area contributed by atoms with Crippen molar-refractivity contribution in [2.45, 2.75) is 0 Å². The van der Waals surface area contributed by atoms with Gasteiger partial charge in [-0.05, 0) is 36.4 Å². The Bertz CT molecular complexity index is 855. The molecule has 0 amide bonds. The molecule has 3 aromatic rings. The van der Waals surface area contributed by atoms with Crippen molar-refractivity contribution in [1.82, 2.24) is 4.98 Å². The van der Waals surface area contributed by atoms with Gasteiger partial charge in [0.1, 0.15) is 10.00 Å². The van der Waals surface area contributed by atoms with Crippen molar-refractivity contribution in [2.24, 2.45) is 5.73 Å². The fraction of sp³-hybridized carbons (Fsp3) is 0. The smallest absolute Gasteiger partial charge is 0.124 e. The minimum atomic E-state index is 0.369. The van der Waals surface area contributed by atoms with Gasteiger partial charge in [0.15, 0.2) is 0 Å². The monoisotopic (exact) mass is 522 g/mol. The molecule has 8 heteroatoms. The highest BCUT2D eigenvalue weighted by Gasteiger charge is 2.05. The number of benzene rings is 2. The first-order valence-electron chi connectivity index (χ1n) is 6.48. The van der Waals surface area contributed by atoms with Gasteiger partial charge >= 0.3 is 0 Å². The van der Waals surface area contributed by atoms with E-state index in [0.29, 0.717) is 10.0 Å². The maximum absolute atomic E-state index is 5.83. The second kappa shape index (κ2) is 9.27. The van der Waals surface area contributed by atoms with Crippen molar-refractivity contribution in [3.8, 4) is 10.6 Å². The van der Waals surface area contributed by atoms with Gasteiger partial charge in [-0.1, -0.05) is 67.3 Å². The zero-order valence-corrected chi connectivity index (χ0v) is 18.3. The lowest BCUT2D eigenvalue weighted by molar-refractivity contribution is 1.41. The molecule has 0 fully saturated rings. The van der Waals surface area contributed by atoms with Crippen LogP contribution in [0, 0.1) is 0 Å². The molecule has 0 bridgehead atoms. The van der Waals surface area contributed by atoms with Gasteiger partial charge in [-0.25, -0.2) is 4.98 Å². The van der Waals surface area contributed by atoms with Gasteiger partial charge in [0, 0.05) is 41.7 Å². The molecular formula is C16H10Br2Cl2N2S2. The predicted molar refractivity (Wildman–Crippen MR) is 115 cm³/mol. The molecule has 0 aliphatic rings. The van der Waals surface area contributed by atoms with Crippen LogP contribution < -0.4 is 5.73 Å². The fourth-order valence-corrected chi connectivity index (χ4v) is 4.59. The number of nitrogens with zero attached hydrogens (tertiary/aromatic N) is 1. The second-order valence-electron chi connectivity index (χ2n) is 4.45. The van der Waals surface area contributed by atoms with Gasteiger partial charge < -0.3 is 5.73 Å². The third kappa shape index (κ3) is 5.51. The lowest BCUT2D eigenvalue weighted by atomic mass is 10.2. The summed E-state index contributed by atoms with van der Waals surface area (Å²) >= 11 is 24.7. The van der Waals surface area contributed by atoms with Crippen molar-refractivity contribution in [2.75, 3.05) is 0 Å². The predicted octanol–water partition coefficient (Wildman–Crippen LogP) is 6.96. The lowest BCUT2D eigenvalue weighted by Crippen LogP contribution is -2.09. The molecule has 0 atom stereocenters. The van der Waals surface area contributed by atoms with Gasteiger partial charge in [0.25, 0.3) is 0 Å². The number of thiazole rings is 1. The van der Waals surface area contributed by atoms with E-state index in [9.17, 15) is 0 Å². The molecule has 0 radical (unpaired) electrons. The maximum Gasteiger partial charge on any atom is 0.124 e. The molecule has 0 saturated carbocycles. The zero-order chi connectivity index (χ0) is 17.7. The molecule has 1 aromatic heterocycles. The average Bonchev–Trinajstić information content (AvgIpc) is 3.01. The van der Waals surface area contributed by atoms with Crippen LogP contribution in [0.1, 0.15) is 5.56 Å². The third-order valence-corrected chi connectivity index (χ3v) is 5.60. The SMILES string of the molecule is Clc1ccc(-c2nccs2)c(Br)c1.NC(=S)c1ccc(Cl)cc1Br. The van der Waals surface area contributed by atoms with Crippen molar-refractivity contribution < 1.29 is 0 Å². The molecule has 24 heavy (non-hydrogen) atoms. The number of thiocarbonyl (C=S) groups is 1. The lowest BCUT2D eigenvalue weighted by Gasteiger charge is -2.00. The van der Waals surface area contributed by atoms with Crippen LogP contribution >= 0.6 is 78.6 Å². The molecule has 2 N–H and O–H groups in total. The van der Waals surface area contributed by atoms with Crippen LogP contribution in [0.3, 0.4) is 0 Å².